The van der Waals surface area contributed by atoms with E-state index in [1.165, 1.54) is 45.1 Å². The molecule has 2 nitrogen and oxygen atoms in total. The molecule has 2 fully saturated rings. The van der Waals surface area contributed by atoms with Crippen molar-refractivity contribution >= 4 is 0 Å². The molecule has 19 heavy (non-hydrogen) atoms. The zero-order valence-electron chi connectivity index (χ0n) is 13.2. The fourth-order valence-corrected chi connectivity index (χ4v) is 3.99. The lowest BCUT2D eigenvalue weighted by atomic mass is 9.70. The second-order valence-electron chi connectivity index (χ2n) is 6.98. The van der Waals surface area contributed by atoms with Gasteiger partial charge in [-0.3, -0.25) is 0 Å². The highest BCUT2D eigenvalue weighted by Gasteiger charge is 2.34. The van der Waals surface area contributed by atoms with Crippen molar-refractivity contribution in [2.45, 2.75) is 65.3 Å². The molecule has 0 aromatic rings. The van der Waals surface area contributed by atoms with Crippen LogP contribution in [0.5, 0.6) is 0 Å². The van der Waals surface area contributed by atoms with E-state index < -0.39 is 0 Å². The highest BCUT2D eigenvalue weighted by molar-refractivity contribution is 4.88. The largest absolute Gasteiger partial charge is 0.381 e. The third kappa shape index (κ3) is 4.19. The molecule has 5 atom stereocenters. The molecule has 0 aromatic carbocycles. The van der Waals surface area contributed by atoms with Gasteiger partial charge < -0.3 is 10.1 Å². The predicted molar refractivity (Wildman–Crippen MR) is 81.3 cm³/mol. The molecule has 5 unspecified atom stereocenters. The Hall–Kier alpha value is -0.0800. The monoisotopic (exact) mass is 267 g/mol. The first-order chi connectivity index (χ1) is 9.22. The summed E-state index contributed by atoms with van der Waals surface area (Å²) in [6.07, 6.45) is 8.12. The second-order valence-corrected chi connectivity index (χ2v) is 6.98. The number of hydrogen-bond acceptors (Lipinski definition) is 2. The van der Waals surface area contributed by atoms with Crippen LogP contribution in [0.15, 0.2) is 0 Å². The molecule has 1 aliphatic heterocycles. The highest BCUT2D eigenvalue weighted by Crippen LogP contribution is 2.38. The average molecular weight is 267 g/mol. The van der Waals surface area contributed by atoms with Crippen LogP contribution in [0, 0.1) is 23.7 Å². The van der Waals surface area contributed by atoms with Gasteiger partial charge in [-0.05, 0) is 62.3 Å². The Balaban J connectivity index is 1.95. The molecule has 1 saturated heterocycles. The molecular weight excluding hydrogens is 234 g/mol. The van der Waals surface area contributed by atoms with E-state index >= 15 is 0 Å². The summed E-state index contributed by atoms with van der Waals surface area (Å²) in [6.45, 7) is 10.3. The topological polar surface area (TPSA) is 21.3 Å². The van der Waals surface area contributed by atoms with E-state index in [9.17, 15) is 0 Å². The third-order valence-corrected chi connectivity index (χ3v) is 5.48. The third-order valence-electron chi connectivity index (χ3n) is 5.48. The van der Waals surface area contributed by atoms with Gasteiger partial charge in [-0.15, -0.1) is 0 Å². The predicted octanol–water partition coefficient (Wildman–Crippen LogP) is 3.85. The average Bonchev–Trinajstić information content (AvgIpc) is 2.44. The summed E-state index contributed by atoms with van der Waals surface area (Å²) in [7, 11) is 0. The van der Waals surface area contributed by atoms with E-state index in [1.807, 2.05) is 0 Å². The molecule has 0 aromatic heterocycles. The van der Waals surface area contributed by atoms with Gasteiger partial charge in [0.2, 0.25) is 0 Å². The van der Waals surface area contributed by atoms with E-state index in [-0.39, 0.29) is 0 Å². The van der Waals surface area contributed by atoms with Gasteiger partial charge in [0.1, 0.15) is 0 Å². The molecule has 112 valence electrons. The first-order valence-corrected chi connectivity index (χ1v) is 8.53. The molecule has 2 heteroatoms. The minimum atomic E-state index is 0.704. The van der Waals surface area contributed by atoms with Gasteiger partial charge in [0, 0.05) is 12.6 Å². The standard InChI is InChI=1S/C17H33NO/c1-4-9-18-17(16-6-5-10-19-12-16)15-8-7-13(2)14(3)11-15/h13-18H,4-12H2,1-3H3. The molecule has 1 N–H and O–H groups in total. The van der Waals surface area contributed by atoms with Crippen molar-refractivity contribution in [3.63, 3.8) is 0 Å². The SMILES string of the molecule is CCCNC(C1CCCOC1)C1CCC(C)C(C)C1. The Kier molecular flexibility index (Phi) is 6.15. The van der Waals surface area contributed by atoms with Crippen molar-refractivity contribution in [2.75, 3.05) is 19.8 Å². The normalized spacial score (nSPS) is 38.1. The summed E-state index contributed by atoms with van der Waals surface area (Å²) in [5.41, 5.74) is 0. The van der Waals surface area contributed by atoms with E-state index in [2.05, 4.69) is 26.1 Å². The van der Waals surface area contributed by atoms with Crippen LogP contribution < -0.4 is 5.32 Å². The second kappa shape index (κ2) is 7.64. The fraction of sp³-hybridized carbons (Fsp3) is 1.00. The summed E-state index contributed by atoms with van der Waals surface area (Å²) in [6, 6.07) is 0.704. The Labute approximate surface area is 119 Å². The van der Waals surface area contributed by atoms with Crippen LogP contribution in [0.4, 0.5) is 0 Å². The van der Waals surface area contributed by atoms with Gasteiger partial charge in [-0.2, -0.15) is 0 Å². The number of nitrogens with one attached hydrogen (secondary N) is 1. The summed E-state index contributed by atoms with van der Waals surface area (Å²) in [5.74, 6) is 3.45. The quantitative estimate of drug-likeness (QED) is 0.817. The van der Waals surface area contributed by atoms with Gasteiger partial charge >= 0.3 is 0 Å². The minimum absolute atomic E-state index is 0.704. The molecule has 1 heterocycles. The zero-order chi connectivity index (χ0) is 13.7. The Morgan fingerprint density at radius 1 is 1.11 bits per heavy atom. The summed E-state index contributed by atoms with van der Waals surface area (Å²) < 4.78 is 5.74. The van der Waals surface area contributed by atoms with Gasteiger partial charge in [-0.1, -0.05) is 27.2 Å². The van der Waals surface area contributed by atoms with Crippen molar-refractivity contribution in [1.29, 1.82) is 0 Å². The van der Waals surface area contributed by atoms with Gasteiger partial charge in [-0.25, -0.2) is 0 Å². The van der Waals surface area contributed by atoms with E-state index in [4.69, 9.17) is 4.74 Å². The Morgan fingerprint density at radius 2 is 1.95 bits per heavy atom. The Bertz CT molecular complexity index is 250. The molecule has 1 aliphatic carbocycles. The maximum atomic E-state index is 5.74. The summed E-state index contributed by atoms with van der Waals surface area (Å²) in [4.78, 5) is 0. The molecule has 2 rings (SSSR count). The molecule has 0 radical (unpaired) electrons. The van der Waals surface area contributed by atoms with E-state index in [1.54, 1.807) is 0 Å². The first-order valence-electron chi connectivity index (χ1n) is 8.53. The lowest BCUT2D eigenvalue weighted by Gasteiger charge is -2.41. The van der Waals surface area contributed by atoms with Crippen LogP contribution in [0.25, 0.3) is 0 Å². The molecule has 0 spiro atoms. The van der Waals surface area contributed by atoms with Crippen LogP contribution in [0.1, 0.15) is 59.3 Å². The minimum Gasteiger partial charge on any atom is -0.381 e. The highest BCUT2D eigenvalue weighted by atomic mass is 16.5. The van der Waals surface area contributed by atoms with Gasteiger partial charge in [0.25, 0.3) is 0 Å². The maximum absolute atomic E-state index is 5.74. The van der Waals surface area contributed by atoms with Gasteiger partial charge in [0.05, 0.1) is 6.61 Å². The van der Waals surface area contributed by atoms with Crippen molar-refractivity contribution < 1.29 is 4.74 Å². The fourth-order valence-electron chi connectivity index (χ4n) is 3.99. The smallest absolute Gasteiger partial charge is 0.0509 e. The number of hydrogen-bond donors (Lipinski definition) is 1. The van der Waals surface area contributed by atoms with Crippen molar-refractivity contribution in [1.82, 2.24) is 5.32 Å². The van der Waals surface area contributed by atoms with Crippen molar-refractivity contribution in [3.05, 3.63) is 0 Å². The number of ether oxygens (including phenoxy) is 1. The molecule has 0 bridgehead atoms. The lowest BCUT2D eigenvalue weighted by molar-refractivity contribution is 0.0187. The maximum Gasteiger partial charge on any atom is 0.0509 e. The van der Waals surface area contributed by atoms with Crippen LogP contribution in [-0.2, 0) is 4.74 Å². The van der Waals surface area contributed by atoms with E-state index in [0.717, 1.165) is 36.9 Å². The Morgan fingerprint density at radius 3 is 2.58 bits per heavy atom. The lowest BCUT2D eigenvalue weighted by Crippen LogP contribution is -2.47. The summed E-state index contributed by atoms with van der Waals surface area (Å²) in [5, 5.41) is 3.86. The van der Waals surface area contributed by atoms with Crippen LogP contribution in [0.2, 0.25) is 0 Å². The van der Waals surface area contributed by atoms with Crippen LogP contribution in [-0.4, -0.2) is 25.8 Å². The molecule has 1 saturated carbocycles. The van der Waals surface area contributed by atoms with Crippen LogP contribution in [0.3, 0.4) is 0 Å². The van der Waals surface area contributed by atoms with Crippen molar-refractivity contribution in [3.8, 4) is 0 Å². The van der Waals surface area contributed by atoms with Crippen LogP contribution >= 0.6 is 0 Å². The van der Waals surface area contributed by atoms with Gasteiger partial charge in [0.15, 0.2) is 0 Å². The molecule has 0 amide bonds. The molecule has 2 aliphatic rings. The summed E-state index contributed by atoms with van der Waals surface area (Å²) >= 11 is 0. The van der Waals surface area contributed by atoms with Crippen molar-refractivity contribution in [2.24, 2.45) is 23.7 Å². The first kappa shape index (κ1) is 15.3. The van der Waals surface area contributed by atoms with E-state index in [0.29, 0.717) is 6.04 Å². The zero-order valence-corrected chi connectivity index (χ0v) is 13.2. The number of rotatable bonds is 5. The molecular formula is C17H33NO.